The summed E-state index contributed by atoms with van der Waals surface area (Å²) in [5.74, 6) is 0.0117. The zero-order valence-corrected chi connectivity index (χ0v) is 16.0. The fourth-order valence-corrected chi connectivity index (χ4v) is 3.14. The molecule has 29 heavy (non-hydrogen) atoms. The molecule has 0 spiro atoms. The van der Waals surface area contributed by atoms with Crippen LogP contribution in [0.2, 0.25) is 0 Å². The van der Waals surface area contributed by atoms with Crippen molar-refractivity contribution in [1.29, 1.82) is 0 Å². The number of hydrogen-bond acceptors (Lipinski definition) is 6. The maximum atomic E-state index is 12.9. The summed E-state index contributed by atoms with van der Waals surface area (Å²) in [6, 6.07) is 12.3. The average molecular weight is 392 g/mol. The van der Waals surface area contributed by atoms with E-state index in [4.69, 9.17) is 4.74 Å². The van der Waals surface area contributed by atoms with Crippen LogP contribution in [0.15, 0.2) is 55.0 Å². The number of amides is 2. The second kappa shape index (κ2) is 7.70. The van der Waals surface area contributed by atoms with Crippen molar-refractivity contribution in [1.82, 2.24) is 25.1 Å². The first-order valence-corrected chi connectivity index (χ1v) is 9.16. The van der Waals surface area contributed by atoms with E-state index in [1.54, 1.807) is 37.0 Å². The Hall–Kier alpha value is -3.75. The first kappa shape index (κ1) is 18.6. The zero-order chi connectivity index (χ0) is 20.4. The Labute approximate surface area is 167 Å². The third kappa shape index (κ3) is 3.79. The molecule has 1 aromatic carbocycles. The van der Waals surface area contributed by atoms with Gasteiger partial charge >= 0.3 is 0 Å². The van der Waals surface area contributed by atoms with Gasteiger partial charge in [-0.05, 0) is 24.6 Å². The molecule has 0 unspecified atom stereocenters. The molecule has 3 heterocycles. The lowest BCUT2D eigenvalue weighted by molar-refractivity contribution is -0.121. The van der Waals surface area contributed by atoms with Gasteiger partial charge in [0.25, 0.3) is 11.8 Å². The van der Waals surface area contributed by atoms with Crippen LogP contribution in [0.4, 0.5) is 5.82 Å². The molecule has 2 atom stereocenters. The first-order valence-electron chi connectivity index (χ1n) is 9.16. The largest absolute Gasteiger partial charge is 0.484 e. The summed E-state index contributed by atoms with van der Waals surface area (Å²) in [5.41, 5.74) is 1.04. The Bertz CT molecular complexity index is 1040. The molecule has 1 N–H and O–H groups in total. The van der Waals surface area contributed by atoms with Crippen LogP contribution in [-0.4, -0.2) is 50.8 Å². The quantitative estimate of drug-likeness (QED) is 0.717. The van der Waals surface area contributed by atoms with Crippen LogP contribution in [0, 0.1) is 0 Å². The normalized spacial score (nSPS) is 18.6. The minimum Gasteiger partial charge on any atom is -0.484 e. The molecule has 1 aliphatic rings. The summed E-state index contributed by atoms with van der Waals surface area (Å²) >= 11 is 0. The Morgan fingerprint density at radius 3 is 2.76 bits per heavy atom. The molecule has 4 rings (SSSR count). The molecule has 0 aliphatic carbocycles. The van der Waals surface area contributed by atoms with E-state index in [-0.39, 0.29) is 11.7 Å². The molecular formula is C20H20N6O3. The van der Waals surface area contributed by atoms with Gasteiger partial charge in [0, 0.05) is 13.2 Å². The third-order valence-electron chi connectivity index (χ3n) is 4.66. The van der Waals surface area contributed by atoms with Crippen molar-refractivity contribution in [3.8, 4) is 5.75 Å². The molecule has 0 saturated carbocycles. The van der Waals surface area contributed by atoms with Gasteiger partial charge in [0.1, 0.15) is 18.5 Å². The van der Waals surface area contributed by atoms with Crippen molar-refractivity contribution in [3.63, 3.8) is 0 Å². The van der Waals surface area contributed by atoms with Crippen LogP contribution in [0.25, 0.3) is 0 Å². The monoisotopic (exact) mass is 392 g/mol. The molecule has 9 heteroatoms. The Morgan fingerprint density at radius 1 is 1.17 bits per heavy atom. The maximum Gasteiger partial charge on any atom is 0.291 e. The predicted octanol–water partition coefficient (Wildman–Crippen LogP) is 1.26. The summed E-state index contributed by atoms with van der Waals surface area (Å²) in [5, 5.41) is 6.91. The van der Waals surface area contributed by atoms with E-state index in [2.05, 4.69) is 20.4 Å². The Morgan fingerprint density at radius 2 is 1.97 bits per heavy atom. The highest BCUT2D eigenvalue weighted by atomic mass is 16.5. The topological polar surface area (TPSA) is 102 Å². The van der Waals surface area contributed by atoms with E-state index < -0.39 is 18.1 Å². The number of aromatic nitrogens is 4. The van der Waals surface area contributed by atoms with Gasteiger partial charge in [-0.1, -0.05) is 30.3 Å². The molecule has 2 aromatic heterocycles. The molecule has 0 bridgehead atoms. The minimum atomic E-state index is -0.900. The Balaban J connectivity index is 1.49. The lowest BCUT2D eigenvalue weighted by atomic mass is 10.1. The zero-order valence-electron chi connectivity index (χ0n) is 16.0. The number of nitrogens with one attached hydrogen (secondary N) is 1. The summed E-state index contributed by atoms with van der Waals surface area (Å²) in [7, 11) is 1.60. The van der Waals surface area contributed by atoms with Crippen molar-refractivity contribution < 1.29 is 14.3 Å². The summed E-state index contributed by atoms with van der Waals surface area (Å²) in [4.78, 5) is 35.2. The van der Waals surface area contributed by atoms with Gasteiger partial charge in [-0.25, -0.2) is 14.6 Å². The SMILES string of the molecule is C[C@H]1Oc2cccnc2N(C)C(=O)[C@H]1NC(=O)c1ncn(Cc2ccccc2)n1. The number of ether oxygens (including phenoxy) is 1. The second-order valence-electron chi connectivity index (χ2n) is 6.75. The van der Waals surface area contributed by atoms with Crippen LogP contribution < -0.4 is 15.0 Å². The smallest absolute Gasteiger partial charge is 0.291 e. The van der Waals surface area contributed by atoms with Crippen molar-refractivity contribution in [2.24, 2.45) is 0 Å². The summed E-state index contributed by atoms with van der Waals surface area (Å²) in [6.45, 7) is 2.22. The molecule has 9 nitrogen and oxygen atoms in total. The number of carbonyl (C=O) groups is 2. The number of hydrogen-bond donors (Lipinski definition) is 1. The van der Waals surface area contributed by atoms with Crippen LogP contribution in [0.3, 0.4) is 0 Å². The highest BCUT2D eigenvalue weighted by Gasteiger charge is 2.37. The van der Waals surface area contributed by atoms with Gasteiger partial charge in [0.05, 0.1) is 6.54 Å². The van der Waals surface area contributed by atoms with Gasteiger partial charge < -0.3 is 10.1 Å². The summed E-state index contributed by atoms with van der Waals surface area (Å²) in [6.07, 6.45) is 2.48. The maximum absolute atomic E-state index is 12.9. The molecular weight excluding hydrogens is 372 g/mol. The number of benzene rings is 1. The number of nitrogens with zero attached hydrogens (tertiary/aromatic N) is 5. The van der Waals surface area contributed by atoms with Gasteiger partial charge in [-0.3, -0.25) is 14.5 Å². The fourth-order valence-electron chi connectivity index (χ4n) is 3.14. The number of fused-ring (bicyclic) bond motifs is 1. The van der Waals surface area contributed by atoms with E-state index in [1.807, 2.05) is 30.3 Å². The van der Waals surface area contributed by atoms with E-state index in [1.165, 1.54) is 11.2 Å². The van der Waals surface area contributed by atoms with Crippen molar-refractivity contribution >= 4 is 17.6 Å². The van der Waals surface area contributed by atoms with Crippen LogP contribution in [0.5, 0.6) is 5.75 Å². The molecule has 0 radical (unpaired) electrons. The molecule has 2 amide bonds. The lowest BCUT2D eigenvalue weighted by Gasteiger charge is -2.22. The van der Waals surface area contributed by atoms with E-state index in [0.717, 1.165) is 5.56 Å². The molecule has 0 fully saturated rings. The molecule has 1 aliphatic heterocycles. The van der Waals surface area contributed by atoms with Crippen molar-refractivity contribution in [2.45, 2.75) is 25.6 Å². The first-order chi connectivity index (χ1) is 14.0. The number of carbonyl (C=O) groups excluding carboxylic acids is 2. The van der Waals surface area contributed by atoms with Gasteiger partial charge in [-0.15, -0.1) is 5.10 Å². The summed E-state index contributed by atoms with van der Waals surface area (Å²) < 4.78 is 7.42. The number of likely N-dealkylation sites (N-methyl/N-ethyl adjacent to an activating group) is 1. The second-order valence-corrected chi connectivity index (χ2v) is 6.75. The van der Waals surface area contributed by atoms with E-state index in [0.29, 0.717) is 18.1 Å². The van der Waals surface area contributed by atoms with Crippen LogP contribution in [0.1, 0.15) is 23.1 Å². The Kier molecular flexibility index (Phi) is 4.94. The third-order valence-corrected chi connectivity index (χ3v) is 4.66. The van der Waals surface area contributed by atoms with Crippen molar-refractivity contribution in [2.75, 3.05) is 11.9 Å². The predicted molar refractivity (Wildman–Crippen MR) is 105 cm³/mol. The number of rotatable bonds is 4. The number of anilines is 1. The van der Waals surface area contributed by atoms with Crippen LogP contribution in [-0.2, 0) is 11.3 Å². The fraction of sp³-hybridized carbons (Fsp3) is 0.250. The molecule has 3 aromatic rings. The molecule has 0 saturated heterocycles. The van der Waals surface area contributed by atoms with E-state index in [9.17, 15) is 9.59 Å². The molecule has 148 valence electrons. The number of pyridine rings is 1. The standard InChI is InChI=1S/C20H20N6O3/c1-13-16(20(28)25(2)18-15(29-13)9-6-10-21-18)23-19(27)17-22-12-26(24-17)11-14-7-4-3-5-8-14/h3-10,12-13,16H,11H2,1-2H3,(H,23,27)/t13-,16+/m1/s1. The van der Waals surface area contributed by atoms with Crippen LogP contribution >= 0.6 is 0 Å². The minimum absolute atomic E-state index is 0.0107. The van der Waals surface area contributed by atoms with Gasteiger partial charge in [0.15, 0.2) is 11.6 Å². The van der Waals surface area contributed by atoms with Crippen molar-refractivity contribution in [3.05, 3.63) is 66.4 Å². The highest BCUT2D eigenvalue weighted by molar-refractivity contribution is 6.02. The average Bonchev–Trinajstić information content (AvgIpc) is 3.17. The highest BCUT2D eigenvalue weighted by Crippen LogP contribution is 2.29. The lowest BCUT2D eigenvalue weighted by Crippen LogP contribution is -2.53. The van der Waals surface area contributed by atoms with Gasteiger partial charge in [0.2, 0.25) is 5.82 Å². The van der Waals surface area contributed by atoms with E-state index >= 15 is 0 Å². The van der Waals surface area contributed by atoms with Gasteiger partial charge in [-0.2, -0.15) is 0 Å².